The molecule has 0 atom stereocenters. The van der Waals surface area contributed by atoms with Gasteiger partial charge in [-0.25, -0.2) is 0 Å². The van der Waals surface area contributed by atoms with Gasteiger partial charge in [-0.05, 0) is 40.2 Å². The Bertz CT molecular complexity index is 227. The third-order valence-electron chi connectivity index (χ3n) is 3.01. The largest absolute Gasteiger partial charge is 0.460 e. The van der Waals surface area contributed by atoms with Gasteiger partial charge in [0.1, 0.15) is 5.60 Å². The van der Waals surface area contributed by atoms with Crippen molar-refractivity contribution in [1.82, 2.24) is 0 Å². The Labute approximate surface area is 131 Å². The summed E-state index contributed by atoms with van der Waals surface area (Å²) in [5, 5.41) is 0. The second kappa shape index (κ2) is 13.7. The minimum absolute atomic E-state index is 0. The van der Waals surface area contributed by atoms with Crippen LogP contribution in [-0.2, 0) is 9.53 Å². The van der Waals surface area contributed by atoms with Gasteiger partial charge in [0.15, 0.2) is 0 Å². The van der Waals surface area contributed by atoms with Gasteiger partial charge in [0.25, 0.3) is 0 Å². The Hall–Kier alpha value is -0.280. The molecule has 0 spiro atoms. The van der Waals surface area contributed by atoms with E-state index in [0.29, 0.717) is 6.42 Å². The van der Waals surface area contributed by atoms with E-state index >= 15 is 0 Å². The summed E-state index contributed by atoms with van der Waals surface area (Å²) >= 11 is 0. The topological polar surface area (TPSA) is 52.3 Å². The Morgan fingerprint density at radius 1 is 0.850 bits per heavy atom. The molecule has 0 bridgehead atoms. The van der Waals surface area contributed by atoms with Crippen LogP contribution in [0, 0.1) is 0 Å². The van der Waals surface area contributed by atoms with Gasteiger partial charge in [-0.15, -0.1) is 12.4 Å². The van der Waals surface area contributed by atoms with Crippen LogP contribution in [0.15, 0.2) is 0 Å². The first-order valence-electron chi connectivity index (χ1n) is 7.87. The van der Waals surface area contributed by atoms with Crippen molar-refractivity contribution >= 4 is 18.4 Å². The van der Waals surface area contributed by atoms with E-state index in [-0.39, 0.29) is 24.0 Å². The summed E-state index contributed by atoms with van der Waals surface area (Å²) in [6, 6.07) is 0. The molecule has 0 aliphatic heterocycles. The Morgan fingerprint density at radius 3 is 1.65 bits per heavy atom. The van der Waals surface area contributed by atoms with Crippen LogP contribution in [0.3, 0.4) is 0 Å². The highest BCUT2D eigenvalue weighted by molar-refractivity contribution is 5.85. The predicted molar refractivity (Wildman–Crippen MR) is 88.3 cm³/mol. The summed E-state index contributed by atoms with van der Waals surface area (Å²) in [6.45, 7) is 6.56. The van der Waals surface area contributed by atoms with E-state index in [1.807, 2.05) is 20.8 Å². The summed E-state index contributed by atoms with van der Waals surface area (Å²) < 4.78 is 5.27. The fourth-order valence-corrected chi connectivity index (χ4v) is 2.04. The highest BCUT2D eigenvalue weighted by Crippen LogP contribution is 2.13. The number of unbranched alkanes of at least 4 members (excludes halogenated alkanes) is 8. The monoisotopic (exact) mass is 307 g/mol. The van der Waals surface area contributed by atoms with Crippen molar-refractivity contribution < 1.29 is 9.53 Å². The molecule has 0 aromatic rings. The fraction of sp³-hybridized carbons (Fsp3) is 0.938. The van der Waals surface area contributed by atoms with Crippen molar-refractivity contribution in [2.45, 2.75) is 90.6 Å². The van der Waals surface area contributed by atoms with Gasteiger partial charge in [0.05, 0.1) is 0 Å². The SMILES string of the molecule is CC(C)(C)OC(=O)CCCCCCCCCCCN.Cl. The number of ether oxygens (including phenoxy) is 1. The van der Waals surface area contributed by atoms with E-state index in [0.717, 1.165) is 25.8 Å². The zero-order valence-electron chi connectivity index (χ0n) is 13.6. The molecule has 0 saturated heterocycles. The van der Waals surface area contributed by atoms with Crippen molar-refractivity contribution in [2.24, 2.45) is 5.73 Å². The lowest BCUT2D eigenvalue weighted by Gasteiger charge is -2.19. The molecule has 0 radical (unpaired) electrons. The molecule has 0 aromatic carbocycles. The number of hydrogen-bond donors (Lipinski definition) is 1. The highest BCUT2D eigenvalue weighted by Gasteiger charge is 2.15. The summed E-state index contributed by atoms with van der Waals surface area (Å²) in [5.41, 5.74) is 5.10. The minimum Gasteiger partial charge on any atom is -0.460 e. The van der Waals surface area contributed by atoms with E-state index < -0.39 is 0 Å². The van der Waals surface area contributed by atoms with Crippen molar-refractivity contribution in [3.05, 3.63) is 0 Å². The fourth-order valence-electron chi connectivity index (χ4n) is 2.04. The van der Waals surface area contributed by atoms with Gasteiger partial charge >= 0.3 is 5.97 Å². The molecule has 3 nitrogen and oxygen atoms in total. The van der Waals surface area contributed by atoms with E-state index in [2.05, 4.69) is 0 Å². The Balaban J connectivity index is 0. The van der Waals surface area contributed by atoms with Gasteiger partial charge < -0.3 is 10.5 Å². The standard InChI is InChI=1S/C16H33NO2.ClH/c1-16(2,3)19-15(18)13-11-9-7-5-4-6-8-10-12-14-17;/h4-14,17H2,1-3H3;1H. The number of rotatable bonds is 11. The lowest BCUT2D eigenvalue weighted by Crippen LogP contribution is -2.23. The Kier molecular flexibility index (Phi) is 15.1. The van der Waals surface area contributed by atoms with Crippen molar-refractivity contribution in [1.29, 1.82) is 0 Å². The summed E-state index contributed by atoms with van der Waals surface area (Å²) in [5.74, 6) is -0.0608. The lowest BCUT2D eigenvalue weighted by atomic mass is 10.1. The van der Waals surface area contributed by atoms with Crippen LogP contribution in [0.1, 0.15) is 85.0 Å². The minimum atomic E-state index is -0.347. The number of carbonyl (C=O) groups excluding carboxylic acids is 1. The van der Waals surface area contributed by atoms with Gasteiger partial charge in [0.2, 0.25) is 0 Å². The maximum absolute atomic E-state index is 11.5. The predicted octanol–water partition coefficient (Wildman–Crippen LogP) is 4.61. The molecule has 20 heavy (non-hydrogen) atoms. The average Bonchev–Trinajstić information content (AvgIpc) is 2.29. The molecule has 0 heterocycles. The van der Waals surface area contributed by atoms with E-state index in [9.17, 15) is 4.79 Å². The van der Waals surface area contributed by atoms with Crippen LogP contribution in [0.4, 0.5) is 0 Å². The molecule has 0 aromatic heterocycles. The first kappa shape index (κ1) is 22.0. The summed E-state index contributed by atoms with van der Waals surface area (Å²) in [4.78, 5) is 11.5. The van der Waals surface area contributed by atoms with Gasteiger partial charge in [-0.1, -0.05) is 44.9 Å². The van der Waals surface area contributed by atoms with Crippen LogP contribution < -0.4 is 5.73 Å². The Morgan fingerprint density at radius 2 is 1.25 bits per heavy atom. The van der Waals surface area contributed by atoms with E-state index in [1.165, 1.54) is 38.5 Å². The molecular weight excluding hydrogens is 274 g/mol. The van der Waals surface area contributed by atoms with Crippen LogP contribution in [0.5, 0.6) is 0 Å². The molecule has 0 aliphatic carbocycles. The number of esters is 1. The molecular formula is C16H34ClNO2. The second-order valence-electron chi connectivity index (χ2n) is 6.31. The molecule has 0 saturated carbocycles. The molecule has 0 fully saturated rings. The number of halogens is 1. The van der Waals surface area contributed by atoms with Gasteiger partial charge in [-0.2, -0.15) is 0 Å². The summed E-state index contributed by atoms with van der Waals surface area (Å²) in [6.07, 6.45) is 11.6. The first-order chi connectivity index (χ1) is 8.95. The molecule has 0 aliphatic rings. The second-order valence-corrected chi connectivity index (χ2v) is 6.31. The third-order valence-corrected chi connectivity index (χ3v) is 3.01. The molecule has 122 valence electrons. The normalized spacial score (nSPS) is 11.0. The average molecular weight is 308 g/mol. The van der Waals surface area contributed by atoms with Crippen molar-refractivity contribution in [3.63, 3.8) is 0 Å². The van der Waals surface area contributed by atoms with Crippen LogP contribution in [0.2, 0.25) is 0 Å². The van der Waals surface area contributed by atoms with Crippen LogP contribution in [-0.4, -0.2) is 18.1 Å². The van der Waals surface area contributed by atoms with Crippen molar-refractivity contribution in [3.8, 4) is 0 Å². The zero-order valence-corrected chi connectivity index (χ0v) is 14.4. The van der Waals surface area contributed by atoms with Crippen molar-refractivity contribution in [2.75, 3.05) is 6.54 Å². The first-order valence-corrected chi connectivity index (χ1v) is 7.87. The smallest absolute Gasteiger partial charge is 0.306 e. The van der Waals surface area contributed by atoms with E-state index in [4.69, 9.17) is 10.5 Å². The quantitative estimate of drug-likeness (QED) is 0.448. The summed E-state index contributed by atoms with van der Waals surface area (Å²) in [7, 11) is 0. The molecule has 4 heteroatoms. The number of hydrogen-bond acceptors (Lipinski definition) is 3. The van der Waals surface area contributed by atoms with Crippen LogP contribution in [0.25, 0.3) is 0 Å². The maximum atomic E-state index is 11.5. The third kappa shape index (κ3) is 17.7. The molecule has 2 N–H and O–H groups in total. The number of nitrogens with two attached hydrogens (primary N) is 1. The molecule has 0 amide bonds. The van der Waals surface area contributed by atoms with Gasteiger partial charge in [-0.3, -0.25) is 4.79 Å². The molecule has 0 unspecified atom stereocenters. The van der Waals surface area contributed by atoms with Crippen LogP contribution >= 0.6 is 12.4 Å². The zero-order chi connectivity index (χ0) is 14.6. The van der Waals surface area contributed by atoms with E-state index in [1.54, 1.807) is 0 Å². The maximum Gasteiger partial charge on any atom is 0.306 e. The highest BCUT2D eigenvalue weighted by atomic mass is 35.5. The molecule has 0 rings (SSSR count). The van der Waals surface area contributed by atoms with Gasteiger partial charge in [0, 0.05) is 6.42 Å². The number of carbonyl (C=O) groups is 1. The lowest BCUT2D eigenvalue weighted by molar-refractivity contribution is -0.154.